The molecule has 0 heterocycles. The zero-order valence-electron chi connectivity index (χ0n) is 11.0. The maximum atomic E-state index is 13.0. The molecule has 1 aliphatic carbocycles. The number of nitrogens with one attached hydrogen (secondary N) is 2. The van der Waals surface area contributed by atoms with Gasteiger partial charge in [0.25, 0.3) is 0 Å². The summed E-state index contributed by atoms with van der Waals surface area (Å²) in [6, 6.07) is 4.75. The topological polar surface area (TPSA) is 58.2 Å². The average Bonchev–Trinajstić information content (AvgIpc) is 3.20. The second kappa shape index (κ2) is 6.85. The molecular weight excluding hydrogens is 303 g/mol. The van der Waals surface area contributed by atoms with Crippen molar-refractivity contribution in [1.29, 1.82) is 0 Å². The molecule has 0 bridgehead atoms. The molecule has 0 amide bonds. The fourth-order valence-corrected chi connectivity index (χ4v) is 3.03. The van der Waals surface area contributed by atoms with Crippen molar-refractivity contribution < 1.29 is 12.8 Å². The van der Waals surface area contributed by atoms with Crippen molar-refractivity contribution in [2.45, 2.75) is 31.8 Å². The van der Waals surface area contributed by atoms with E-state index in [1.807, 2.05) is 0 Å². The smallest absolute Gasteiger partial charge is 0.211 e. The first-order valence-electron chi connectivity index (χ1n) is 6.61. The van der Waals surface area contributed by atoms with Crippen LogP contribution in [0.3, 0.4) is 0 Å². The molecule has 7 heteroatoms. The Bertz CT molecular complexity index is 561. The Morgan fingerprint density at radius 3 is 2.75 bits per heavy atom. The summed E-state index contributed by atoms with van der Waals surface area (Å²) in [5.41, 5.74) is 0.635. The molecule has 1 aromatic rings. The summed E-state index contributed by atoms with van der Waals surface area (Å²) in [5.74, 6) is -0.425. The zero-order chi connectivity index (χ0) is 14.6. The van der Waals surface area contributed by atoms with Crippen molar-refractivity contribution in [2.75, 3.05) is 12.3 Å². The Morgan fingerprint density at radius 2 is 2.10 bits per heavy atom. The van der Waals surface area contributed by atoms with E-state index in [9.17, 15) is 12.8 Å². The van der Waals surface area contributed by atoms with Crippen LogP contribution in [0.2, 0.25) is 5.02 Å². The van der Waals surface area contributed by atoms with Crippen molar-refractivity contribution in [1.82, 2.24) is 10.0 Å². The minimum Gasteiger partial charge on any atom is -0.314 e. The third-order valence-electron chi connectivity index (χ3n) is 3.08. The first-order chi connectivity index (χ1) is 9.46. The van der Waals surface area contributed by atoms with E-state index in [-0.39, 0.29) is 17.3 Å². The lowest BCUT2D eigenvalue weighted by Gasteiger charge is -2.08. The Kier molecular flexibility index (Phi) is 5.37. The van der Waals surface area contributed by atoms with Gasteiger partial charge in [0.2, 0.25) is 10.0 Å². The molecule has 2 N–H and O–H groups in total. The van der Waals surface area contributed by atoms with E-state index < -0.39 is 15.8 Å². The van der Waals surface area contributed by atoms with Crippen LogP contribution in [0.4, 0.5) is 4.39 Å². The van der Waals surface area contributed by atoms with E-state index >= 15 is 0 Å². The van der Waals surface area contributed by atoms with Crippen LogP contribution in [0.5, 0.6) is 0 Å². The molecule has 0 saturated heterocycles. The van der Waals surface area contributed by atoms with Gasteiger partial charge < -0.3 is 5.32 Å². The average molecular weight is 321 g/mol. The van der Waals surface area contributed by atoms with E-state index in [0.717, 1.165) is 0 Å². The van der Waals surface area contributed by atoms with Gasteiger partial charge in [-0.05, 0) is 43.5 Å². The lowest BCUT2D eigenvalue weighted by atomic mass is 10.2. The molecule has 112 valence electrons. The van der Waals surface area contributed by atoms with Crippen molar-refractivity contribution in [3.05, 3.63) is 34.6 Å². The van der Waals surface area contributed by atoms with Gasteiger partial charge in [0.05, 0.1) is 10.8 Å². The third kappa shape index (κ3) is 5.36. The van der Waals surface area contributed by atoms with Gasteiger partial charge in [-0.1, -0.05) is 17.7 Å². The molecule has 2 rings (SSSR count). The van der Waals surface area contributed by atoms with Gasteiger partial charge in [0.1, 0.15) is 5.82 Å². The summed E-state index contributed by atoms with van der Waals surface area (Å²) in [6.45, 7) is 0.840. The minimum atomic E-state index is -3.31. The van der Waals surface area contributed by atoms with E-state index in [2.05, 4.69) is 10.0 Å². The highest BCUT2D eigenvalue weighted by Gasteiger charge is 2.20. The summed E-state index contributed by atoms with van der Waals surface area (Å²) in [7, 11) is -3.31. The number of hydrogen-bond donors (Lipinski definition) is 2. The summed E-state index contributed by atoms with van der Waals surface area (Å²) in [4.78, 5) is 0. The molecule has 1 aromatic carbocycles. The zero-order valence-corrected chi connectivity index (χ0v) is 12.6. The van der Waals surface area contributed by atoms with Gasteiger partial charge in [-0.2, -0.15) is 0 Å². The van der Waals surface area contributed by atoms with E-state index in [0.29, 0.717) is 24.6 Å². The molecule has 0 unspecified atom stereocenters. The van der Waals surface area contributed by atoms with Crippen LogP contribution in [0.1, 0.15) is 24.8 Å². The fraction of sp³-hybridized carbons (Fsp3) is 0.538. The summed E-state index contributed by atoms with van der Waals surface area (Å²) in [5, 5.41) is 3.26. The molecule has 4 nitrogen and oxygen atoms in total. The van der Waals surface area contributed by atoms with E-state index in [1.165, 1.54) is 31.0 Å². The maximum absolute atomic E-state index is 13.0. The number of benzene rings is 1. The predicted octanol–water partition coefficient (Wildman–Crippen LogP) is 2.04. The highest BCUT2D eigenvalue weighted by molar-refractivity contribution is 7.89. The van der Waals surface area contributed by atoms with Crippen molar-refractivity contribution in [2.24, 2.45) is 0 Å². The first-order valence-corrected chi connectivity index (χ1v) is 8.64. The standard InChI is InChI=1S/C13H18ClFN2O2S/c14-12-8-10(2-5-13(12)15)9-17-20(18,19)7-1-6-16-11-3-4-11/h2,5,8,11,16-17H,1,3-4,6-7,9H2. The van der Waals surface area contributed by atoms with E-state index in [4.69, 9.17) is 11.6 Å². The van der Waals surface area contributed by atoms with Gasteiger partial charge in [0.15, 0.2) is 0 Å². The Hall–Kier alpha value is -0.690. The normalized spacial score (nSPS) is 15.5. The van der Waals surface area contributed by atoms with Crippen LogP contribution in [-0.2, 0) is 16.6 Å². The second-order valence-corrected chi connectivity index (χ2v) is 7.30. The Balaban J connectivity index is 1.74. The first kappa shape index (κ1) is 15.7. The number of rotatable bonds is 8. The number of halogens is 2. The van der Waals surface area contributed by atoms with Gasteiger partial charge >= 0.3 is 0 Å². The summed E-state index contributed by atoms with van der Waals surface area (Å²) >= 11 is 5.64. The number of sulfonamides is 1. The van der Waals surface area contributed by atoms with Crippen LogP contribution in [0, 0.1) is 5.82 Å². The highest BCUT2D eigenvalue weighted by Crippen LogP contribution is 2.18. The molecule has 0 aliphatic heterocycles. The van der Waals surface area contributed by atoms with Crippen LogP contribution in [0.25, 0.3) is 0 Å². The summed E-state index contributed by atoms with van der Waals surface area (Å²) in [6.07, 6.45) is 2.96. The van der Waals surface area contributed by atoms with Crippen LogP contribution in [0.15, 0.2) is 18.2 Å². The maximum Gasteiger partial charge on any atom is 0.211 e. The molecule has 0 spiro atoms. The van der Waals surface area contributed by atoms with Crippen molar-refractivity contribution >= 4 is 21.6 Å². The molecule has 20 heavy (non-hydrogen) atoms. The largest absolute Gasteiger partial charge is 0.314 e. The number of hydrogen-bond acceptors (Lipinski definition) is 3. The lowest BCUT2D eigenvalue weighted by molar-refractivity contribution is 0.574. The van der Waals surface area contributed by atoms with Gasteiger partial charge in [-0.15, -0.1) is 0 Å². The van der Waals surface area contributed by atoms with E-state index in [1.54, 1.807) is 0 Å². The molecular formula is C13H18ClFN2O2S. The molecule has 1 fully saturated rings. The van der Waals surface area contributed by atoms with Gasteiger partial charge in [0, 0.05) is 12.6 Å². The van der Waals surface area contributed by atoms with Crippen molar-refractivity contribution in [3.8, 4) is 0 Å². The van der Waals surface area contributed by atoms with Crippen molar-refractivity contribution in [3.63, 3.8) is 0 Å². The van der Waals surface area contributed by atoms with Crippen LogP contribution >= 0.6 is 11.6 Å². The Labute approximate surface area is 123 Å². The quantitative estimate of drug-likeness (QED) is 0.721. The molecule has 0 atom stereocenters. The summed E-state index contributed by atoms with van der Waals surface area (Å²) < 4.78 is 39.0. The second-order valence-electron chi connectivity index (χ2n) is 4.97. The van der Waals surface area contributed by atoms with Crippen LogP contribution < -0.4 is 10.0 Å². The van der Waals surface area contributed by atoms with Gasteiger partial charge in [-0.3, -0.25) is 0 Å². The predicted molar refractivity (Wildman–Crippen MR) is 77.7 cm³/mol. The fourth-order valence-electron chi connectivity index (χ4n) is 1.77. The Morgan fingerprint density at radius 1 is 1.35 bits per heavy atom. The lowest BCUT2D eigenvalue weighted by Crippen LogP contribution is -2.28. The monoisotopic (exact) mass is 320 g/mol. The molecule has 0 radical (unpaired) electrons. The van der Waals surface area contributed by atoms with Crippen LogP contribution in [-0.4, -0.2) is 26.8 Å². The molecule has 0 aromatic heterocycles. The molecule has 1 aliphatic rings. The SMILES string of the molecule is O=S(=O)(CCCNC1CC1)NCc1ccc(F)c(Cl)c1. The highest BCUT2D eigenvalue weighted by atomic mass is 35.5. The third-order valence-corrected chi connectivity index (χ3v) is 4.78. The molecule has 1 saturated carbocycles. The van der Waals surface area contributed by atoms with Gasteiger partial charge in [-0.25, -0.2) is 17.5 Å². The minimum absolute atomic E-state index is 0.00432.